The molecule has 1 amide bonds. The normalized spacial score (nSPS) is 22.2. The molecule has 1 aromatic heterocycles. The third-order valence-electron chi connectivity index (χ3n) is 2.63. The van der Waals surface area contributed by atoms with E-state index in [1.165, 1.54) is 11.3 Å². The van der Waals surface area contributed by atoms with Crippen LogP contribution in [0.4, 0.5) is 0 Å². The number of nitrogens with two attached hydrogens (primary N) is 1. The maximum absolute atomic E-state index is 10.9. The zero-order valence-corrected chi connectivity index (χ0v) is 10.8. The highest BCUT2D eigenvalue weighted by molar-refractivity contribution is 8.24. The Labute approximate surface area is 105 Å². The number of primary amides is 1. The molecule has 1 aromatic rings. The summed E-state index contributed by atoms with van der Waals surface area (Å²) in [5.41, 5.74) is 5.42. The second-order valence-electron chi connectivity index (χ2n) is 3.98. The van der Waals surface area contributed by atoms with Crippen LogP contribution >= 0.6 is 21.9 Å². The molecule has 1 fully saturated rings. The van der Waals surface area contributed by atoms with Crippen LogP contribution in [-0.4, -0.2) is 49.5 Å². The van der Waals surface area contributed by atoms with Gasteiger partial charge in [0, 0.05) is 18.5 Å². The zero-order valence-electron chi connectivity index (χ0n) is 9.20. The first kappa shape index (κ1) is 12.8. The van der Waals surface area contributed by atoms with Gasteiger partial charge in [-0.05, 0) is 0 Å². The molecule has 2 heterocycles. The molecule has 96 valence electrons. The standard InChI is InChI=1S/C9H15N3O3S2/c10-9(13)7-6-16-8(11-7)5-12-1-3-17(14,15)4-2-12/h6,14-15H,1-5H2,(H2,10,13). The van der Waals surface area contributed by atoms with Gasteiger partial charge in [0.05, 0.1) is 18.1 Å². The van der Waals surface area contributed by atoms with Gasteiger partial charge in [-0.25, -0.2) is 4.98 Å². The number of hydrogen-bond donors (Lipinski definition) is 3. The molecule has 4 N–H and O–H groups in total. The smallest absolute Gasteiger partial charge is 0.268 e. The van der Waals surface area contributed by atoms with Gasteiger partial charge in [0.25, 0.3) is 5.91 Å². The lowest BCUT2D eigenvalue weighted by molar-refractivity contribution is 0.0996. The Morgan fingerprint density at radius 2 is 2.18 bits per heavy atom. The van der Waals surface area contributed by atoms with Gasteiger partial charge in [0.2, 0.25) is 0 Å². The summed E-state index contributed by atoms with van der Waals surface area (Å²) in [4.78, 5) is 17.1. The second-order valence-corrected chi connectivity index (χ2v) is 7.34. The van der Waals surface area contributed by atoms with E-state index in [1.807, 2.05) is 0 Å². The number of thiazole rings is 1. The average molecular weight is 277 g/mol. The number of hydrogen-bond acceptors (Lipinski definition) is 6. The molecule has 6 nitrogen and oxygen atoms in total. The lowest BCUT2D eigenvalue weighted by atomic mass is 10.4. The number of amides is 1. The van der Waals surface area contributed by atoms with E-state index in [-0.39, 0.29) is 0 Å². The molecule has 0 radical (unpaired) electrons. The summed E-state index contributed by atoms with van der Waals surface area (Å²) in [5.74, 6) is 0.322. The molecular weight excluding hydrogens is 262 g/mol. The predicted octanol–water partition coefficient (Wildman–Crippen LogP) is 0.808. The minimum absolute atomic E-state index is 0.297. The molecule has 8 heteroatoms. The molecule has 0 aliphatic carbocycles. The molecule has 0 bridgehead atoms. The molecule has 0 unspecified atom stereocenters. The Kier molecular flexibility index (Phi) is 3.69. The van der Waals surface area contributed by atoms with Crippen LogP contribution < -0.4 is 5.73 Å². The van der Waals surface area contributed by atoms with Crippen LogP contribution in [0.3, 0.4) is 0 Å². The molecule has 1 aliphatic rings. The molecule has 0 saturated carbocycles. The first-order valence-corrected chi connectivity index (χ1v) is 7.93. The quantitative estimate of drug-likeness (QED) is 0.759. The van der Waals surface area contributed by atoms with Crippen molar-refractivity contribution in [3.05, 3.63) is 16.1 Å². The maximum Gasteiger partial charge on any atom is 0.268 e. The number of aromatic nitrogens is 1. The molecule has 1 aliphatic heterocycles. The highest BCUT2D eigenvalue weighted by Crippen LogP contribution is 2.40. The van der Waals surface area contributed by atoms with Gasteiger partial charge in [-0.1, -0.05) is 0 Å². The SMILES string of the molecule is NC(=O)c1csc(CN2CCS(O)(O)CC2)n1. The number of carbonyl (C=O) groups is 1. The Bertz CT molecular complexity index is 411. The van der Waals surface area contributed by atoms with Crippen molar-refractivity contribution < 1.29 is 13.9 Å². The van der Waals surface area contributed by atoms with Gasteiger partial charge < -0.3 is 5.73 Å². The van der Waals surface area contributed by atoms with Crippen molar-refractivity contribution in [2.24, 2.45) is 5.73 Å². The molecule has 17 heavy (non-hydrogen) atoms. The van der Waals surface area contributed by atoms with Crippen molar-refractivity contribution >= 4 is 27.8 Å². The van der Waals surface area contributed by atoms with Gasteiger partial charge in [-0.2, -0.15) is 10.6 Å². The fourth-order valence-electron chi connectivity index (χ4n) is 1.61. The van der Waals surface area contributed by atoms with Crippen molar-refractivity contribution in [1.29, 1.82) is 0 Å². The lowest BCUT2D eigenvalue weighted by Crippen LogP contribution is -2.37. The summed E-state index contributed by atoms with van der Waals surface area (Å²) in [6.45, 7) is 1.93. The summed E-state index contributed by atoms with van der Waals surface area (Å²) in [5, 5.41) is 2.48. The van der Waals surface area contributed by atoms with Gasteiger partial charge in [0.1, 0.15) is 10.7 Å². The van der Waals surface area contributed by atoms with E-state index in [4.69, 9.17) is 5.73 Å². The summed E-state index contributed by atoms with van der Waals surface area (Å²) < 4.78 is 18.9. The first-order chi connectivity index (χ1) is 7.96. The van der Waals surface area contributed by atoms with E-state index in [9.17, 15) is 13.9 Å². The van der Waals surface area contributed by atoms with Crippen LogP contribution in [-0.2, 0) is 6.54 Å². The predicted molar refractivity (Wildman–Crippen MR) is 68.5 cm³/mol. The van der Waals surface area contributed by atoms with Crippen LogP contribution in [0.5, 0.6) is 0 Å². The van der Waals surface area contributed by atoms with Crippen LogP contribution in [0.15, 0.2) is 5.38 Å². The van der Waals surface area contributed by atoms with Crippen LogP contribution in [0, 0.1) is 0 Å². The lowest BCUT2D eigenvalue weighted by Gasteiger charge is -2.40. The van der Waals surface area contributed by atoms with Gasteiger partial charge in [-0.15, -0.1) is 11.3 Å². The molecule has 0 spiro atoms. The third-order valence-corrected chi connectivity index (χ3v) is 5.14. The highest BCUT2D eigenvalue weighted by Gasteiger charge is 2.22. The minimum Gasteiger partial charge on any atom is -0.364 e. The Balaban J connectivity index is 1.91. The van der Waals surface area contributed by atoms with E-state index in [0.29, 0.717) is 36.8 Å². The molecular formula is C9H15N3O3S2. The number of carbonyl (C=O) groups excluding carboxylic acids is 1. The summed E-state index contributed by atoms with van der Waals surface area (Å²) in [6.07, 6.45) is 0. The molecule has 0 aromatic carbocycles. The van der Waals surface area contributed by atoms with Crippen molar-refractivity contribution in [3.8, 4) is 0 Å². The van der Waals surface area contributed by atoms with E-state index in [2.05, 4.69) is 9.88 Å². The fraction of sp³-hybridized carbons (Fsp3) is 0.556. The van der Waals surface area contributed by atoms with Crippen molar-refractivity contribution in [3.63, 3.8) is 0 Å². The Hall–Kier alpha value is -0.670. The van der Waals surface area contributed by atoms with E-state index >= 15 is 0 Å². The molecule has 2 rings (SSSR count). The number of nitrogens with zero attached hydrogens (tertiary/aromatic N) is 2. The third kappa shape index (κ3) is 3.39. The molecule has 1 saturated heterocycles. The van der Waals surface area contributed by atoms with E-state index in [0.717, 1.165) is 5.01 Å². The summed E-state index contributed by atoms with van der Waals surface area (Å²) in [7, 11) is -2.35. The van der Waals surface area contributed by atoms with Crippen LogP contribution in [0.25, 0.3) is 0 Å². The highest BCUT2D eigenvalue weighted by atomic mass is 32.3. The van der Waals surface area contributed by atoms with Crippen molar-refractivity contribution in [2.75, 3.05) is 24.6 Å². The van der Waals surface area contributed by atoms with Gasteiger partial charge >= 0.3 is 0 Å². The first-order valence-electron chi connectivity index (χ1n) is 5.16. The van der Waals surface area contributed by atoms with Crippen LogP contribution in [0.1, 0.15) is 15.5 Å². The van der Waals surface area contributed by atoms with Crippen LogP contribution in [0.2, 0.25) is 0 Å². The van der Waals surface area contributed by atoms with Gasteiger partial charge in [-0.3, -0.25) is 18.8 Å². The Morgan fingerprint density at radius 1 is 1.53 bits per heavy atom. The van der Waals surface area contributed by atoms with Crippen molar-refractivity contribution in [1.82, 2.24) is 9.88 Å². The summed E-state index contributed by atoms with van der Waals surface area (Å²) >= 11 is 1.40. The maximum atomic E-state index is 10.9. The Morgan fingerprint density at radius 3 is 2.71 bits per heavy atom. The average Bonchev–Trinajstić information content (AvgIpc) is 2.70. The van der Waals surface area contributed by atoms with E-state index < -0.39 is 16.5 Å². The summed E-state index contributed by atoms with van der Waals surface area (Å²) in [6, 6.07) is 0. The molecule has 0 atom stereocenters. The second kappa shape index (κ2) is 4.91. The topological polar surface area (TPSA) is 99.7 Å². The van der Waals surface area contributed by atoms with Crippen molar-refractivity contribution in [2.45, 2.75) is 6.54 Å². The minimum atomic E-state index is -2.35. The zero-order chi connectivity index (χ0) is 12.5. The monoisotopic (exact) mass is 277 g/mol. The fourth-order valence-corrected chi connectivity index (χ4v) is 3.74. The van der Waals surface area contributed by atoms with Gasteiger partial charge in [0.15, 0.2) is 0 Å². The largest absolute Gasteiger partial charge is 0.364 e. The van der Waals surface area contributed by atoms with E-state index in [1.54, 1.807) is 5.38 Å². The number of rotatable bonds is 3.